The maximum atomic E-state index is 10.9. The zero-order valence-electron chi connectivity index (χ0n) is 14.5. The molecule has 0 aliphatic heterocycles. The number of ether oxygens (including phenoxy) is 1. The second-order valence-electron chi connectivity index (χ2n) is 6.83. The highest BCUT2D eigenvalue weighted by Gasteiger charge is 2.48. The van der Waals surface area contributed by atoms with E-state index in [0.29, 0.717) is 0 Å². The smallest absolute Gasteiger partial charge is 0.181 e. The summed E-state index contributed by atoms with van der Waals surface area (Å²) >= 11 is 1.54. The van der Waals surface area contributed by atoms with Gasteiger partial charge in [-0.15, -0.1) is 11.3 Å². The first-order valence-corrected chi connectivity index (χ1v) is 9.34. The van der Waals surface area contributed by atoms with Crippen molar-refractivity contribution >= 4 is 32.6 Å². The van der Waals surface area contributed by atoms with Gasteiger partial charge < -0.3 is 9.84 Å². The highest BCUT2D eigenvalue weighted by molar-refractivity contribution is 7.18. The molecule has 7 heteroatoms. The Morgan fingerprint density at radius 2 is 2.19 bits per heavy atom. The predicted octanol–water partition coefficient (Wildman–Crippen LogP) is 3.24. The van der Waals surface area contributed by atoms with Gasteiger partial charge >= 0.3 is 0 Å². The Morgan fingerprint density at radius 3 is 2.96 bits per heavy atom. The van der Waals surface area contributed by atoms with Crippen LogP contribution in [0.5, 0.6) is 0 Å². The highest BCUT2D eigenvalue weighted by atomic mass is 32.1. The topological polar surface area (TPSA) is 73.1 Å². The number of fused-ring (bicyclic) bond motifs is 2. The number of aromatic nitrogens is 4. The van der Waals surface area contributed by atoms with Crippen molar-refractivity contribution in [2.75, 3.05) is 7.11 Å². The van der Waals surface area contributed by atoms with Crippen LogP contribution in [-0.2, 0) is 17.4 Å². The Morgan fingerprint density at radius 1 is 1.31 bits per heavy atom. The number of hydrogen-bond donors (Lipinski definition) is 1. The molecule has 2 atom stereocenters. The van der Waals surface area contributed by atoms with Crippen LogP contribution < -0.4 is 0 Å². The molecule has 1 N–H and O–H groups in total. The molecule has 1 aliphatic carbocycles. The van der Waals surface area contributed by atoms with E-state index < -0.39 is 5.60 Å². The lowest BCUT2D eigenvalue weighted by Crippen LogP contribution is -2.49. The van der Waals surface area contributed by atoms with Crippen LogP contribution in [0.25, 0.3) is 32.5 Å². The number of methoxy groups -OCH3 is 1. The minimum Gasteiger partial charge on any atom is -0.382 e. The van der Waals surface area contributed by atoms with Crippen LogP contribution in [-0.4, -0.2) is 38.1 Å². The average molecular weight is 366 g/mol. The molecular weight excluding hydrogens is 348 g/mol. The van der Waals surface area contributed by atoms with E-state index in [-0.39, 0.29) is 6.10 Å². The molecule has 1 saturated carbocycles. The van der Waals surface area contributed by atoms with E-state index in [0.717, 1.165) is 50.2 Å². The maximum Gasteiger partial charge on any atom is 0.181 e. The fraction of sp³-hybridized carbons (Fsp3) is 0.316. The van der Waals surface area contributed by atoms with Crippen LogP contribution in [0, 0.1) is 0 Å². The second kappa shape index (κ2) is 5.57. The molecule has 4 aromatic rings. The minimum absolute atomic E-state index is 0.132. The van der Waals surface area contributed by atoms with E-state index in [4.69, 9.17) is 9.72 Å². The third-order valence-electron chi connectivity index (χ3n) is 5.18. The molecule has 26 heavy (non-hydrogen) atoms. The molecular formula is C19H18N4O2S. The summed E-state index contributed by atoms with van der Waals surface area (Å²) in [6.07, 6.45) is 5.24. The summed E-state index contributed by atoms with van der Waals surface area (Å²) in [5.41, 5.74) is 1.68. The standard InChI is InChI=1S/C19H18N4O2S/c1-23-10-13-7-12(9-20-17(13)22-23)14-4-3-11-8-16(26-18(11)21-14)19(24)6-5-15(19)25-2/h3-4,7-10,15,24H,5-6H2,1-2H3/t15-,19-/m0/s1. The molecule has 0 bridgehead atoms. The van der Waals surface area contributed by atoms with Crippen molar-refractivity contribution in [1.29, 1.82) is 0 Å². The number of aryl methyl sites for hydroxylation is 1. The average Bonchev–Trinajstić information content (AvgIpc) is 3.21. The lowest BCUT2D eigenvalue weighted by atomic mass is 9.76. The van der Waals surface area contributed by atoms with Gasteiger partial charge in [-0.05, 0) is 37.1 Å². The fourth-order valence-electron chi connectivity index (χ4n) is 3.59. The van der Waals surface area contributed by atoms with Crippen LogP contribution >= 0.6 is 11.3 Å². The van der Waals surface area contributed by atoms with Crippen molar-refractivity contribution in [2.24, 2.45) is 7.05 Å². The summed E-state index contributed by atoms with van der Waals surface area (Å²) in [6, 6.07) is 8.13. The fourth-order valence-corrected chi connectivity index (χ4v) is 4.79. The van der Waals surface area contributed by atoms with Crippen molar-refractivity contribution in [1.82, 2.24) is 19.7 Å². The van der Waals surface area contributed by atoms with Crippen molar-refractivity contribution < 1.29 is 9.84 Å². The van der Waals surface area contributed by atoms with E-state index in [1.165, 1.54) is 11.3 Å². The summed E-state index contributed by atoms with van der Waals surface area (Å²) in [4.78, 5) is 11.1. The van der Waals surface area contributed by atoms with Crippen LogP contribution in [0.1, 0.15) is 17.7 Å². The Hall–Kier alpha value is -2.35. The Bertz CT molecular complexity index is 1130. The monoisotopic (exact) mass is 366 g/mol. The Balaban J connectivity index is 1.56. The summed E-state index contributed by atoms with van der Waals surface area (Å²) in [6.45, 7) is 0. The third kappa shape index (κ3) is 2.28. The molecule has 132 valence electrons. The molecule has 0 saturated heterocycles. The zero-order valence-corrected chi connectivity index (χ0v) is 15.3. The largest absolute Gasteiger partial charge is 0.382 e. The lowest BCUT2D eigenvalue weighted by molar-refractivity contribution is -0.164. The number of pyridine rings is 2. The van der Waals surface area contributed by atoms with Gasteiger partial charge in [0.15, 0.2) is 5.65 Å². The quantitative estimate of drug-likeness (QED) is 0.603. The zero-order chi connectivity index (χ0) is 17.9. The van der Waals surface area contributed by atoms with E-state index in [1.807, 2.05) is 25.4 Å². The molecule has 0 aromatic carbocycles. The second-order valence-corrected chi connectivity index (χ2v) is 7.86. The Kier molecular flexibility index (Phi) is 3.40. The molecule has 0 unspecified atom stereocenters. The predicted molar refractivity (Wildman–Crippen MR) is 101 cm³/mol. The van der Waals surface area contributed by atoms with Crippen LogP contribution in [0.15, 0.2) is 36.7 Å². The minimum atomic E-state index is -0.879. The number of hydrogen-bond acceptors (Lipinski definition) is 6. The summed E-state index contributed by atoms with van der Waals surface area (Å²) in [7, 11) is 3.54. The molecule has 0 radical (unpaired) electrons. The van der Waals surface area contributed by atoms with Gasteiger partial charge in [-0.3, -0.25) is 4.68 Å². The van der Waals surface area contributed by atoms with Gasteiger partial charge in [0.2, 0.25) is 0 Å². The molecule has 5 rings (SSSR count). The van der Waals surface area contributed by atoms with Gasteiger partial charge in [0.1, 0.15) is 10.4 Å². The highest BCUT2D eigenvalue weighted by Crippen LogP contribution is 2.47. The van der Waals surface area contributed by atoms with E-state index in [9.17, 15) is 5.11 Å². The van der Waals surface area contributed by atoms with Crippen molar-refractivity contribution in [3.8, 4) is 11.3 Å². The van der Waals surface area contributed by atoms with Crippen molar-refractivity contribution in [3.05, 3.63) is 41.5 Å². The number of rotatable bonds is 3. The Labute approximate surface area is 154 Å². The molecule has 4 aromatic heterocycles. The van der Waals surface area contributed by atoms with Crippen LogP contribution in [0.2, 0.25) is 0 Å². The molecule has 1 fully saturated rings. The molecule has 0 amide bonds. The molecule has 0 spiro atoms. The van der Waals surface area contributed by atoms with Gasteiger partial charge in [-0.2, -0.15) is 5.10 Å². The van der Waals surface area contributed by atoms with Crippen LogP contribution in [0.3, 0.4) is 0 Å². The summed E-state index contributed by atoms with van der Waals surface area (Å²) in [5, 5.41) is 17.2. The number of thiophene rings is 1. The molecule has 1 aliphatic rings. The van der Waals surface area contributed by atoms with E-state index >= 15 is 0 Å². The summed E-state index contributed by atoms with van der Waals surface area (Å²) < 4.78 is 7.17. The first-order valence-electron chi connectivity index (χ1n) is 8.53. The van der Waals surface area contributed by atoms with Crippen LogP contribution in [0.4, 0.5) is 0 Å². The SMILES string of the molecule is CO[C@H]1CC[C@@]1(O)c1cc2ccc(-c3cnc4nn(C)cc4c3)nc2s1. The summed E-state index contributed by atoms with van der Waals surface area (Å²) in [5.74, 6) is 0. The van der Waals surface area contributed by atoms with E-state index in [1.54, 1.807) is 18.0 Å². The van der Waals surface area contributed by atoms with Gasteiger partial charge in [-0.1, -0.05) is 0 Å². The lowest BCUT2D eigenvalue weighted by Gasteiger charge is -2.43. The van der Waals surface area contributed by atoms with Gasteiger partial charge in [0, 0.05) is 47.8 Å². The number of nitrogens with zero attached hydrogens (tertiary/aromatic N) is 4. The van der Waals surface area contributed by atoms with Crippen molar-refractivity contribution in [3.63, 3.8) is 0 Å². The molecule has 4 heterocycles. The first kappa shape index (κ1) is 15.9. The normalized spacial score (nSPS) is 22.8. The maximum absolute atomic E-state index is 10.9. The molecule has 6 nitrogen and oxygen atoms in total. The first-order chi connectivity index (χ1) is 12.6. The third-order valence-corrected chi connectivity index (χ3v) is 6.40. The van der Waals surface area contributed by atoms with Gasteiger partial charge in [0.25, 0.3) is 0 Å². The van der Waals surface area contributed by atoms with Gasteiger partial charge in [0.05, 0.1) is 11.8 Å². The van der Waals surface area contributed by atoms with E-state index in [2.05, 4.69) is 22.2 Å². The van der Waals surface area contributed by atoms with Crippen molar-refractivity contribution in [2.45, 2.75) is 24.5 Å². The number of aliphatic hydroxyl groups is 1. The van der Waals surface area contributed by atoms with Gasteiger partial charge in [-0.25, -0.2) is 9.97 Å².